The van der Waals surface area contributed by atoms with Crippen molar-refractivity contribution in [2.24, 2.45) is 7.05 Å². The second-order valence-electron chi connectivity index (χ2n) is 6.24. The molecule has 0 spiro atoms. The predicted octanol–water partition coefficient (Wildman–Crippen LogP) is 2.15. The van der Waals surface area contributed by atoms with E-state index in [1.54, 1.807) is 0 Å². The number of aryl methyl sites for hydroxylation is 1. The zero-order chi connectivity index (χ0) is 16.1. The topological polar surface area (TPSA) is 42.3 Å². The first-order valence-corrected chi connectivity index (χ1v) is 8.35. The molecule has 0 bridgehead atoms. The highest BCUT2D eigenvalue weighted by Crippen LogP contribution is 2.23. The molecule has 5 nitrogen and oxygen atoms in total. The molecule has 1 saturated heterocycles. The molecule has 0 aliphatic carbocycles. The Bertz CT molecular complexity index is 619. The molecule has 0 unspecified atom stereocenters. The molecule has 1 fully saturated rings. The van der Waals surface area contributed by atoms with Gasteiger partial charge in [-0.1, -0.05) is 12.1 Å². The first-order valence-electron chi connectivity index (χ1n) is 8.35. The SMILES string of the molecule is CN(CCOc1cccc(-c2cnn(C)c2)c1)C1CCNCC1. The summed E-state index contributed by atoms with van der Waals surface area (Å²) in [5.41, 5.74) is 2.26. The van der Waals surface area contributed by atoms with Gasteiger partial charge in [0.2, 0.25) is 0 Å². The molecule has 2 heterocycles. The van der Waals surface area contributed by atoms with E-state index in [1.165, 1.54) is 12.8 Å². The number of hydrogen-bond donors (Lipinski definition) is 1. The first kappa shape index (κ1) is 16.0. The average Bonchev–Trinajstić information content (AvgIpc) is 3.02. The molecule has 0 atom stereocenters. The Hall–Kier alpha value is -1.85. The summed E-state index contributed by atoms with van der Waals surface area (Å²) in [6.45, 7) is 3.94. The summed E-state index contributed by atoms with van der Waals surface area (Å²) < 4.78 is 7.77. The van der Waals surface area contributed by atoms with Crippen LogP contribution in [0.1, 0.15) is 12.8 Å². The Morgan fingerprint density at radius 1 is 1.30 bits per heavy atom. The van der Waals surface area contributed by atoms with Crippen LogP contribution in [-0.2, 0) is 7.05 Å². The second kappa shape index (κ2) is 7.62. The molecule has 0 radical (unpaired) electrons. The number of nitrogens with one attached hydrogen (secondary N) is 1. The van der Waals surface area contributed by atoms with E-state index in [-0.39, 0.29) is 0 Å². The smallest absolute Gasteiger partial charge is 0.119 e. The van der Waals surface area contributed by atoms with E-state index in [2.05, 4.69) is 34.5 Å². The van der Waals surface area contributed by atoms with Crippen LogP contribution in [0.2, 0.25) is 0 Å². The maximum Gasteiger partial charge on any atom is 0.119 e. The van der Waals surface area contributed by atoms with Gasteiger partial charge >= 0.3 is 0 Å². The predicted molar refractivity (Wildman–Crippen MR) is 92.7 cm³/mol. The summed E-state index contributed by atoms with van der Waals surface area (Å²) in [7, 11) is 4.13. The molecule has 124 valence electrons. The normalized spacial score (nSPS) is 16.0. The van der Waals surface area contributed by atoms with Crippen molar-refractivity contribution in [1.29, 1.82) is 0 Å². The van der Waals surface area contributed by atoms with Crippen LogP contribution in [0.3, 0.4) is 0 Å². The second-order valence-corrected chi connectivity index (χ2v) is 6.24. The van der Waals surface area contributed by atoms with Crippen LogP contribution in [-0.4, -0.2) is 54.0 Å². The summed E-state index contributed by atoms with van der Waals surface area (Å²) in [6.07, 6.45) is 6.36. The average molecular weight is 314 g/mol. The molecule has 2 aromatic rings. The van der Waals surface area contributed by atoms with Gasteiger partial charge in [0, 0.05) is 31.4 Å². The third-order valence-electron chi connectivity index (χ3n) is 4.52. The van der Waals surface area contributed by atoms with Crippen molar-refractivity contribution in [2.75, 3.05) is 33.3 Å². The number of piperidine rings is 1. The lowest BCUT2D eigenvalue weighted by molar-refractivity contribution is 0.165. The third kappa shape index (κ3) is 4.33. The standard InChI is InChI=1S/C18H26N4O/c1-21(17-6-8-19-9-7-17)10-11-23-18-5-3-4-15(12-18)16-13-20-22(2)14-16/h3-5,12-14,17,19H,6-11H2,1-2H3. The first-order chi connectivity index (χ1) is 11.2. The van der Waals surface area contributed by atoms with Gasteiger partial charge in [-0.2, -0.15) is 5.10 Å². The number of ether oxygens (including phenoxy) is 1. The van der Waals surface area contributed by atoms with Gasteiger partial charge in [-0.3, -0.25) is 9.58 Å². The largest absolute Gasteiger partial charge is 0.492 e. The number of aromatic nitrogens is 2. The van der Waals surface area contributed by atoms with Gasteiger partial charge in [0.25, 0.3) is 0 Å². The van der Waals surface area contributed by atoms with Crippen molar-refractivity contribution in [3.8, 4) is 16.9 Å². The van der Waals surface area contributed by atoms with E-state index < -0.39 is 0 Å². The minimum atomic E-state index is 0.682. The summed E-state index contributed by atoms with van der Waals surface area (Å²) in [5.74, 6) is 0.921. The van der Waals surface area contributed by atoms with Crippen LogP contribution in [0.5, 0.6) is 5.75 Å². The summed E-state index contributed by atoms with van der Waals surface area (Å²) in [4.78, 5) is 2.42. The van der Waals surface area contributed by atoms with Crippen LogP contribution in [0.25, 0.3) is 11.1 Å². The van der Waals surface area contributed by atoms with Crippen LogP contribution < -0.4 is 10.1 Å². The molecule has 1 N–H and O–H groups in total. The van der Waals surface area contributed by atoms with Crippen molar-refractivity contribution >= 4 is 0 Å². The Labute approximate surface area is 138 Å². The van der Waals surface area contributed by atoms with E-state index >= 15 is 0 Å². The minimum absolute atomic E-state index is 0.682. The van der Waals surface area contributed by atoms with Gasteiger partial charge in [-0.15, -0.1) is 0 Å². The number of rotatable bonds is 6. The maximum atomic E-state index is 5.95. The molecule has 1 aliphatic heterocycles. The lowest BCUT2D eigenvalue weighted by Gasteiger charge is -2.31. The van der Waals surface area contributed by atoms with Crippen molar-refractivity contribution in [3.05, 3.63) is 36.7 Å². The molecule has 1 aromatic carbocycles. The van der Waals surface area contributed by atoms with Crippen molar-refractivity contribution in [1.82, 2.24) is 20.0 Å². The minimum Gasteiger partial charge on any atom is -0.492 e. The molecule has 3 rings (SSSR count). The van der Waals surface area contributed by atoms with E-state index in [4.69, 9.17) is 4.74 Å². The zero-order valence-electron chi connectivity index (χ0n) is 14.0. The molecule has 0 saturated carbocycles. The van der Waals surface area contributed by atoms with Gasteiger partial charge in [0.1, 0.15) is 12.4 Å². The third-order valence-corrected chi connectivity index (χ3v) is 4.52. The Morgan fingerprint density at radius 3 is 2.87 bits per heavy atom. The van der Waals surface area contributed by atoms with E-state index in [0.717, 1.165) is 43.1 Å². The number of hydrogen-bond acceptors (Lipinski definition) is 4. The van der Waals surface area contributed by atoms with Crippen molar-refractivity contribution in [2.45, 2.75) is 18.9 Å². The molecule has 1 aliphatic rings. The zero-order valence-corrected chi connectivity index (χ0v) is 14.0. The fourth-order valence-electron chi connectivity index (χ4n) is 3.07. The number of benzene rings is 1. The van der Waals surface area contributed by atoms with E-state index in [0.29, 0.717) is 6.04 Å². The molecule has 5 heteroatoms. The fourth-order valence-corrected chi connectivity index (χ4v) is 3.07. The van der Waals surface area contributed by atoms with Crippen LogP contribution in [0, 0.1) is 0 Å². The summed E-state index contributed by atoms with van der Waals surface area (Å²) in [6, 6.07) is 8.91. The van der Waals surface area contributed by atoms with Crippen LogP contribution in [0.4, 0.5) is 0 Å². The van der Waals surface area contributed by atoms with E-state index in [9.17, 15) is 0 Å². The van der Waals surface area contributed by atoms with Crippen molar-refractivity contribution < 1.29 is 4.74 Å². The highest BCUT2D eigenvalue weighted by Gasteiger charge is 2.17. The van der Waals surface area contributed by atoms with Crippen LogP contribution in [0.15, 0.2) is 36.7 Å². The molecular formula is C18H26N4O. The molecule has 1 aromatic heterocycles. The van der Waals surface area contributed by atoms with Crippen molar-refractivity contribution in [3.63, 3.8) is 0 Å². The summed E-state index contributed by atoms with van der Waals surface area (Å²) >= 11 is 0. The molecule has 0 amide bonds. The fraction of sp³-hybridized carbons (Fsp3) is 0.500. The van der Waals surface area contributed by atoms with Gasteiger partial charge in [-0.25, -0.2) is 0 Å². The Kier molecular flexibility index (Phi) is 5.31. The number of likely N-dealkylation sites (N-methyl/N-ethyl adjacent to an activating group) is 1. The highest BCUT2D eigenvalue weighted by molar-refractivity contribution is 5.63. The van der Waals surface area contributed by atoms with E-state index in [1.807, 2.05) is 36.3 Å². The lowest BCUT2D eigenvalue weighted by Crippen LogP contribution is -2.42. The Balaban J connectivity index is 1.52. The maximum absolute atomic E-state index is 5.95. The number of nitrogens with zero attached hydrogens (tertiary/aromatic N) is 3. The van der Waals surface area contributed by atoms with Gasteiger partial charge in [0.05, 0.1) is 6.20 Å². The highest BCUT2D eigenvalue weighted by atomic mass is 16.5. The Morgan fingerprint density at radius 2 is 2.13 bits per heavy atom. The quantitative estimate of drug-likeness (QED) is 0.887. The van der Waals surface area contributed by atoms with Gasteiger partial charge < -0.3 is 10.1 Å². The molecular weight excluding hydrogens is 288 g/mol. The van der Waals surface area contributed by atoms with Gasteiger partial charge in [0.15, 0.2) is 0 Å². The van der Waals surface area contributed by atoms with Gasteiger partial charge in [-0.05, 0) is 50.7 Å². The summed E-state index contributed by atoms with van der Waals surface area (Å²) in [5, 5.41) is 7.63. The van der Waals surface area contributed by atoms with Crippen LogP contribution >= 0.6 is 0 Å². The monoisotopic (exact) mass is 314 g/mol. The molecule has 23 heavy (non-hydrogen) atoms. The lowest BCUT2D eigenvalue weighted by atomic mass is 10.1.